The predicted octanol–water partition coefficient (Wildman–Crippen LogP) is 2.03. The Morgan fingerprint density at radius 3 is 2.72 bits per heavy atom. The van der Waals surface area contributed by atoms with Gasteiger partial charge in [0, 0.05) is 25.6 Å². The molecule has 6 heteroatoms. The lowest BCUT2D eigenvalue weighted by Gasteiger charge is -2.37. The van der Waals surface area contributed by atoms with E-state index in [0.717, 1.165) is 26.1 Å². The maximum atomic E-state index is 12.2. The molecule has 1 saturated heterocycles. The van der Waals surface area contributed by atoms with Crippen molar-refractivity contribution >= 4 is 0 Å². The average Bonchev–Trinajstić information content (AvgIpc) is 2.29. The van der Waals surface area contributed by atoms with Crippen LogP contribution in [0, 0.1) is 0 Å². The van der Waals surface area contributed by atoms with Gasteiger partial charge >= 0.3 is 6.18 Å². The largest absolute Gasteiger partial charge is 0.389 e. The molecule has 18 heavy (non-hydrogen) atoms. The molecule has 1 aliphatic heterocycles. The molecule has 1 fully saturated rings. The van der Waals surface area contributed by atoms with Crippen LogP contribution in [0.5, 0.6) is 0 Å². The van der Waals surface area contributed by atoms with Gasteiger partial charge in [-0.25, -0.2) is 0 Å². The fourth-order valence-corrected chi connectivity index (χ4v) is 2.33. The van der Waals surface area contributed by atoms with Crippen molar-refractivity contribution in [3.63, 3.8) is 0 Å². The molecular weight excluding hydrogens is 245 g/mol. The van der Waals surface area contributed by atoms with Gasteiger partial charge in [-0.15, -0.1) is 0 Å². The monoisotopic (exact) mass is 268 g/mol. The van der Waals surface area contributed by atoms with Gasteiger partial charge in [-0.3, -0.25) is 4.90 Å². The number of nitrogens with one attached hydrogen (secondary N) is 1. The summed E-state index contributed by atoms with van der Waals surface area (Å²) in [5, 5.41) is 2.96. The Labute approximate surface area is 107 Å². The highest BCUT2D eigenvalue weighted by Gasteiger charge is 2.32. The first kappa shape index (κ1) is 15.7. The first-order valence-corrected chi connectivity index (χ1v) is 6.54. The second-order valence-electron chi connectivity index (χ2n) is 4.76. The first-order valence-electron chi connectivity index (χ1n) is 6.54. The molecule has 0 aromatic heterocycles. The van der Waals surface area contributed by atoms with Crippen LogP contribution in [-0.4, -0.2) is 56.5 Å². The van der Waals surface area contributed by atoms with E-state index >= 15 is 0 Å². The van der Waals surface area contributed by atoms with Crippen molar-refractivity contribution in [1.82, 2.24) is 10.2 Å². The molecular formula is C12H23F3N2O. The lowest BCUT2D eigenvalue weighted by molar-refractivity contribution is -0.140. The van der Waals surface area contributed by atoms with E-state index in [0.29, 0.717) is 6.61 Å². The molecule has 108 valence electrons. The zero-order chi connectivity index (χ0) is 13.6. The van der Waals surface area contributed by atoms with Gasteiger partial charge < -0.3 is 10.1 Å². The number of likely N-dealkylation sites (N-methyl/N-ethyl adjacent to an activating group) is 1. The van der Waals surface area contributed by atoms with Crippen LogP contribution in [0.3, 0.4) is 0 Å². The number of ether oxygens (including phenoxy) is 1. The highest BCUT2D eigenvalue weighted by Crippen LogP contribution is 2.24. The molecule has 0 saturated carbocycles. The SMILES string of the molecule is CCCN1CCOC(C(CCC(F)(F)F)NC)C1. The molecule has 0 aliphatic carbocycles. The van der Waals surface area contributed by atoms with E-state index in [-0.39, 0.29) is 18.6 Å². The minimum atomic E-state index is -4.09. The van der Waals surface area contributed by atoms with E-state index in [2.05, 4.69) is 17.1 Å². The van der Waals surface area contributed by atoms with Crippen molar-refractivity contribution < 1.29 is 17.9 Å². The fourth-order valence-electron chi connectivity index (χ4n) is 2.33. The molecule has 0 radical (unpaired) electrons. The molecule has 2 atom stereocenters. The summed E-state index contributed by atoms with van der Waals surface area (Å²) >= 11 is 0. The minimum Gasteiger partial charge on any atom is -0.374 e. The first-order chi connectivity index (χ1) is 8.46. The van der Waals surface area contributed by atoms with E-state index in [9.17, 15) is 13.2 Å². The molecule has 1 rings (SSSR count). The second-order valence-corrected chi connectivity index (χ2v) is 4.76. The Hall–Kier alpha value is -0.330. The number of hydrogen-bond donors (Lipinski definition) is 1. The summed E-state index contributed by atoms with van der Waals surface area (Å²) in [6.07, 6.45) is -3.86. The third kappa shape index (κ3) is 5.54. The highest BCUT2D eigenvalue weighted by molar-refractivity contribution is 4.82. The molecule has 3 nitrogen and oxygen atoms in total. The van der Waals surface area contributed by atoms with Crippen molar-refractivity contribution in [3.05, 3.63) is 0 Å². The van der Waals surface area contributed by atoms with Crippen LogP contribution in [0.4, 0.5) is 13.2 Å². The van der Waals surface area contributed by atoms with Crippen molar-refractivity contribution in [2.75, 3.05) is 33.3 Å². The quantitative estimate of drug-likeness (QED) is 0.797. The van der Waals surface area contributed by atoms with Gasteiger partial charge in [0.2, 0.25) is 0 Å². The summed E-state index contributed by atoms with van der Waals surface area (Å²) in [6, 6.07) is -0.230. The lowest BCUT2D eigenvalue weighted by atomic mass is 10.0. The van der Waals surface area contributed by atoms with Gasteiger partial charge in [0.15, 0.2) is 0 Å². The maximum Gasteiger partial charge on any atom is 0.389 e. The van der Waals surface area contributed by atoms with Crippen LogP contribution < -0.4 is 5.32 Å². The second kappa shape index (κ2) is 7.31. The highest BCUT2D eigenvalue weighted by atomic mass is 19.4. The molecule has 0 spiro atoms. The zero-order valence-electron chi connectivity index (χ0n) is 11.1. The maximum absolute atomic E-state index is 12.2. The molecule has 0 aromatic carbocycles. The van der Waals surface area contributed by atoms with Crippen LogP contribution in [-0.2, 0) is 4.74 Å². The van der Waals surface area contributed by atoms with E-state index in [1.165, 1.54) is 0 Å². The van der Waals surface area contributed by atoms with Crippen molar-refractivity contribution in [2.45, 2.75) is 44.5 Å². The predicted molar refractivity (Wildman–Crippen MR) is 64.6 cm³/mol. The van der Waals surface area contributed by atoms with Crippen LogP contribution in [0.2, 0.25) is 0 Å². The van der Waals surface area contributed by atoms with Gasteiger partial charge in [-0.2, -0.15) is 13.2 Å². The molecule has 1 heterocycles. The van der Waals surface area contributed by atoms with E-state index < -0.39 is 12.6 Å². The topological polar surface area (TPSA) is 24.5 Å². The van der Waals surface area contributed by atoms with Crippen LogP contribution in [0.1, 0.15) is 26.2 Å². The molecule has 0 amide bonds. The van der Waals surface area contributed by atoms with Crippen molar-refractivity contribution in [2.24, 2.45) is 0 Å². The normalized spacial score (nSPS) is 24.2. The minimum absolute atomic E-state index is 0.0740. The molecule has 1 N–H and O–H groups in total. The van der Waals surface area contributed by atoms with Crippen LogP contribution in [0.15, 0.2) is 0 Å². The van der Waals surface area contributed by atoms with Gasteiger partial charge in [0.1, 0.15) is 0 Å². The Morgan fingerprint density at radius 1 is 1.44 bits per heavy atom. The van der Waals surface area contributed by atoms with Gasteiger partial charge in [0.25, 0.3) is 0 Å². The smallest absolute Gasteiger partial charge is 0.374 e. The van der Waals surface area contributed by atoms with Gasteiger partial charge in [0.05, 0.1) is 12.7 Å². The number of rotatable bonds is 6. The lowest BCUT2D eigenvalue weighted by Crippen LogP contribution is -2.51. The number of morpholine rings is 1. The van der Waals surface area contributed by atoms with Crippen LogP contribution >= 0.6 is 0 Å². The van der Waals surface area contributed by atoms with Crippen molar-refractivity contribution in [3.8, 4) is 0 Å². The van der Waals surface area contributed by atoms with Crippen LogP contribution in [0.25, 0.3) is 0 Å². The van der Waals surface area contributed by atoms with E-state index in [4.69, 9.17) is 4.74 Å². The van der Waals surface area contributed by atoms with Crippen molar-refractivity contribution in [1.29, 1.82) is 0 Å². The Balaban J connectivity index is 2.43. The molecule has 0 bridgehead atoms. The van der Waals surface area contributed by atoms with E-state index in [1.807, 2.05) is 0 Å². The zero-order valence-corrected chi connectivity index (χ0v) is 11.1. The summed E-state index contributed by atoms with van der Waals surface area (Å²) in [4.78, 5) is 2.26. The van der Waals surface area contributed by atoms with Gasteiger partial charge in [-0.05, 0) is 26.4 Å². The third-order valence-electron chi connectivity index (χ3n) is 3.28. The summed E-state index contributed by atoms with van der Waals surface area (Å²) in [5.41, 5.74) is 0. The number of alkyl halides is 3. The average molecular weight is 268 g/mol. The fraction of sp³-hybridized carbons (Fsp3) is 1.00. The summed E-state index contributed by atoms with van der Waals surface area (Å²) in [7, 11) is 1.70. The Bertz CT molecular complexity index is 234. The summed E-state index contributed by atoms with van der Waals surface area (Å²) in [5.74, 6) is 0. The third-order valence-corrected chi connectivity index (χ3v) is 3.28. The molecule has 1 aliphatic rings. The summed E-state index contributed by atoms with van der Waals surface area (Å²) < 4.78 is 42.3. The standard InChI is InChI=1S/C12H23F3N2O/c1-3-6-17-7-8-18-11(9-17)10(16-2)4-5-12(13,14)15/h10-11,16H,3-9H2,1-2H3. The number of halogens is 3. The Morgan fingerprint density at radius 2 is 2.17 bits per heavy atom. The van der Waals surface area contributed by atoms with E-state index in [1.54, 1.807) is 7.05 Å². The Kier molecular flexibility index (Phi) is 6.38. The number of hydrogen-bond acceptors (Lipinski definition) is 3. The number of nitrogens with zero attached hydrogens (tertiary/aromatic N) is 1. The summed E-state index contributed by atoms with van der Waals surface area (Å²) in [6.45, 7) is 5.28. The van der Waals surface area contributed by atoms with Gasteiger partial charge in [-0.1, -0.05) is 6.92 Å². The molecule has 2 unspecified atom stereocenters. The molecule has 0 aromatic rings.